The Morgan fingerprint density at radius 2 is 1.96 bits per heavy atom. The highest BCUT2D eigenvalue weighted by Gasteiger charge is 2.09. The van der Waals surface area contributed by atoms with Crippen LogP contribution < -0.4 is 15.4 Å². The number of carbonyl (C=O) groups is 1. The van der Waals surface area contributed by atoms with Crippen LogP contribution in [0.15, 0.2) is 60.2 Å². The van der Waals surface area contributed by atoms with Gasteiger partial charge in [0, 0.05) is 29.0 Å². The molecule has 27 heavy (non-hydrogen) atoms. The van der Waals surface area contributed by atoms with Crippen molar-refractivity contribution in [1.29, 1.82) is 0 Å². The Hall–Kier alpha value is -3.32. The predicted molar refractivity (Wildman–Crippen MR) is 109 cm³/mol. The summed E-state index contributed by atoms with van der Waals surface area (Å²) in [6.45, 7) is 1.96. The Bertz CT molecular complexity index is 1070. The number of ether oxygens (including phenoxy) is 1. The number of fused-ring (bicyclic) bond motifs is 1. The number of anilines is 2. The lowest BCUT2D eigenvalue weighted by molar-refractivity contribution is 0.262. The van der Waals surface area contributed by atoms with E-state index in [0.717, 1.165) is 21.8 Å². The summed E-state index contributed by atoms with van der Waals surface area (Å²) in [7, 11) is 1.58. The van der Waals surface area contributed by atoms with E-state index >= 15 is 0 Å². The van der Waals surface area contributed by atoms with Crippen LogP contribution in [0, 0.1) is 6.92 Å². The summed E-state index contributed by atoms with van der Waals surface area (Å²) < 4.78 is 7.28. The van der Waals surface area contributed by atoms with Gasteiger partial charge in [-0.05, 0) is 36.8 Å². The molecule has 0 saturated carbocycles. The Balaban J connectivity index is 1.46. The van der Waals surface area contributed by atoms with E-state index in [1.165, 1.54) is 0 Å². The summed E-state index contributed by atoms with van der Waals surface area (Å²) in [5, 5.41) is 7.66. The molecular weight excluding hydrogens is 360 g/mol. The molecule has 0 saturated heterocycles. The number of amides is 2. The highest BCUT2D eigenvalue weighted by atomic mass is 32.1. The molecule has 0 aliphatic carbocycles. The number of methoxy groups -OCH3 is 1. The van der Waals surface area contributed by atoms with Gasteiger partial charge in [0.05, 0.1) is 18.5 Å². The molecule has 2 aromatic heterocycles. The molecule has 0 aliphatic rings. The summed E-state index contributed by atoms with van der Waals surface area (Å²) >= 11 is 1.60. The van der Waals surface area contributed by atoms with Crippen LogP contribution >= 0.6 is 11.3 Å². The number of nitrogens with one attached hydrogen (secondary N) is 2. The van der Waals surface area contributed by atoms with Crippen LogP contribution in [0.1, 0.15) is 5.56 Å². The number of urea groups is 1. The van der Waals surface area contributed by atoms with Gasteiger partial charge in [0.1, 0.15) is 5.75 Å². The number of benzene rings is 2. The van der Waals surface area contributed by atoms with Gasteiger partial charge in [-0.2, -0.15) is 0 Å². The van der Waals surface area contributed by atoms with Crippen LogP contribution in [-0.4, -0.2) is 22.5 Å². The first-order valence-corrected chi connectivity index (χ1v) is 9.25. The Labute approximate surface area is 160 Å². The maximum absolute atomic E-state index is 12.3. The molecule has 2 heterocycles. The molecule has 0 unspecified atom stereocenters. The van der Waals surface area contributed by atoms with Crippen molar-refractivity contribution in [3.63, 3.8) is 0 Å². The van der Waals surface area contributed by atoms with Gasteiger partial charge >= 0.3 is 6.03 Å². The number of hydrogen-bond acceptors (Lipinski definition) is 4. The molecular formula is C20H18N4O2S. The van der Waals surface area contributed by atoms with Gasteiger partial charge in [-0.15, -0.1) is 11.3 Å². The Morgan fingerprint density at radius 3 is 2.70 bits per heavy atom. The zero-order valence-corrected chi connectivity index (χ0v) is 15.7. The monoisotopic (exact) mass is 378 g/mol. The molecule has 136 valence electrons. The summed E-state index contributed by atoms with van der Waals surface area (Å²) in [6.07, 6.45) is 3.97. The van der Waals surface area contributed by atoms with E-state index in [0.29, 0.717) is 17.1 Å². The topological polar surface area (TPSA) is 67.7 Å². The minimum absolute atomic E-state index is 0.325. The molecule has 0 spiro atoms. The van der Waals surface area contributed by atoms with Crippen molar-refractivity contribution >= 4 is 33.7 Å². The maximum atomic E-state index is 12.3. The SMILES string of the molecule is COc1ccc(C)cc1NC(=O)Nc1ccc(-c2cn3ccsc3n2)cc1. The summed E-state index contributed by atoms with van der Waals surface area (Å²) in [4.78, 5) is 17.8. The van der Waals surface area contributed by atoms with Crippen molar-refractivity contribution in [2.45, 2.75) is 6.92 Å². The third kappa shape index (κ3) is 3.63. The highest BCUT2D eigenvalue weighted by Crippen LogP contribution is 2.26. The van der Waals surface area contributed by atoms with Gasteiger partial charge in [0.15, 0.2) is 4.96 Å². The van der Waals surface area contributed by atoms with Gasteiger partial charge in [-0.1, -0.05) is 18.2 Å². The van der Waals surface area contributed by atoms with Crippen molar-refractivity contribution in [3.8, 4) is 17.0 Å². The Morgan fingerprint density at radius 1 is 1.15 bits per heavy atom. The molecule has 4 rings (SSSR count). The van der Waals surface area contributed by atoms with Crippen LogP contribution in [0.25, 0.3) is 16.2 Å². The molecule has 0 radical (unpaired) electrons. The van der Waals surface area contributed by atoms with Crippen molar-refractivity contribution in [2.24, 2.45) is 0 Å². The van der Waals surface area contributed by atoms with Crippen molar-refractivity contribution < 1.29 is 9.53 Å². The van der Waals surface area contributed by atoms with E-state index in [9.17, 15) is 4.79 Å². The first-order chi connectivity index (χ1) is 13.1. The average Bonchev–Trinajstić information content (AvgIpc) is 3.24. The number of hydrogen-bond donors (Lipinski definition) is 2. The normalized spacial score (nSPS) is 10.7. The molecule has 2 N–H and O–H groups in total. The van der Waals surface area contributed by atoms with Crippen LogP contribution in [0.5, 0.6) is 5.75 Å². The van der Waals surface area contributed by atoms with Crippen molar-refractivity contribution in [3.05, 3.63) is 65.8 Å². The third-order valence-corrected chi connectivity index (χ3v) is 4.91. The number of thiazole rings is 1. The van der Waals surface area contributed by atoms with Gasteiger partial charge in [0.25, 0.3) is 0 Å². The molecule has 7 heteroatoms. The third-order valence-electron chi connectivity index (χ3n) is 4.13. The number of imidazole rings is 1. The maximum Gasteiger partial charge on any atom is 0.323 e. The lowest BCUT2D eigenvalue weighted by Crippen LogP contribution is -2.19. The zero-order valence-electron chi connectivity index (χ0n) is 14.9. The van der Waals surface area contributed by atoms with Crippen LogP contribution in [0.3, 0.4) is 0 Å². The van der Waals surface area contributed by atoms with E-state index in [-0.39, 0.29) is 6.03 Å². The van der Waals surface area contributed by atoms with Crippen LogP contribution in [0.2, 0.25) is 0 Å². The predicted octanol–water partition coefficient (Wildman–Crippen LogP) is 5.02. The fourth-order valence-electron chi connectivity index (χ4n) is 2.80. The second-order valence-corrected chi connectivity index (χ2v) is 6.95. The first kappa shape index (κ1) is 17.1. The van der Waals surface area contributed by atoms with Crippen molar-refractivity contribution in [2.75, 3.05) is 17.7 Å². The number of aromatic nitrogens is 2. The summed E-state index contributed by atoms with van der Waals surface area (Å²) in [5.74, 6) is 0.617. The van der Waals surface area contributed by atoms with E-state index in [2.05, 4.69) is 15.6 Å². The van der Waals surface area contributed by atoms with E-state index in [1.807, 2.05) is 71.6 Å². The summed E-state index contributed by atoms with van der Waals surface area (Å²) in [5.41, 5.74) is 4.27. The number of carbonyl (C=O) groups excluding carboxylic acids is 1. The molecule has 6 nitrogen and oxygen atoms in total. The van der Waals surface area contributed by atoms with E-state index in [1.54, 1.807) is 18.4 Å². The van der Waals surface area contributed by atoms with Crippen LogP contribution in [0.4, 0.5) is 16.2 Å². The molecule has 0 fully saturated rings. The average molecular weight is 378 g/mol. The highest BCUT2D eigenvalue weighted by molar-refractivity contribution is 7.15. The minimum Gasteiger partial charge on any atom is -0.495 e. The quantitative estimate of drug-likeness (QED) is 0.524. The Kier molecular flexibility index (Phi) is 4.52. The summed E-state index contributed by atoms with van der Waals surface area (Å²) in [6, 6.07) is 12.9. The second kappa shape index (κ2) is 7.13. The fraction of sp³-hybridized carbons (Fsp3) is 0.100. The molecule has 2 amide bonds. The van der Waals surface area contributed by atoms with Gasteiger partial charge < -0.3 is 15.4 Å². The minimum atomic E-state index is -0.325. The lowest BCUT2D eigenvalue weighted by Gasteiger charge is -2.12. The van der Waals surface area contributed by atoms with Crippen LogP contribution in [-0.2, 0) is 0 Å². The van der Waals surface area contributed by atoms with Crippen molar-refractivity contribution in [1.82, 2.24) is 9.38 Å². The molecule has 0 atom stereocenters. The second-order valence-electron chi connectivity index (χ2n) is 6.08. The standard InChI is InChI=1S/C20H18N4O2S/c1-13-3-8-18(26-2)16(11-13)22-19(25)21-15-6-4-14(5-7-15)17-12-24-9-10-27-20(24)23-17/h3-12H,1-2H3,(H2,21,22,25). The van der Waals surface area contributed by atoms with Gasteiger partial charge in [-0.3, -0.25) is 4.40 Å². The molecule has 2 aromatic carbocycles. The molecule has 0 bridgehead atoms. The van der Waals surface area contributed by atoms with E-state index < -0.39 is 0 Å². The fourth-order valence-corrected chi connectivity index (χ4v) is 3.50. The van der Waals surface area contributed by atoms with Gasteiger partial charge in [-0.25, -0.2) is 9.78 Å². The van der Waals surface area contributed by atoms with E-state index in [4.69, 9.17) is 4.74 Å². The zero-order chi connectivity index (χ0) is 18.8. The smallest absolute Gasteiger partial charge is 0.323 e. The first-order valence-electron chi connectivity index (χ1n) is 8.37. The number of aryl methyl sites for hydroxylation is 1. The largest absolute Gasteiger partial charge is 0.495 e. The van der Waals surface area contributed by atoms with Gasteiger partial charge in [0.2, 0.25) is 0 Å². The molecule has 0 aliphatic heterocycles. The number of nitrogens with zero attached hydrogens (tertiary/aromatic N) is 2. The lowest BCUT2D eigenvalue weighted by atomic mass is 10.1. The number of rotatable bonds is 4. The molecule has 4 aromatic rings.